The third-order valence-electron chi connectivity index (χ3n) is 2.25. The summed E-state index contributed by atoms with van der Waals surface area (Å²) in [6.07, 6.45) is 0. The van der Waals surface area contributed by atoms with Crippen LogP contribution in [0, 0.1) is 25.2 Å². The fourth-order valence-corrected chi connectivity index (χ4v) is 2.37. The van der Waals surface area contributed by atoms with Gasteiger partial charge in [-0.2, -0.15) is 5.26 Å². The van der Waals surface area contributed by atoms with E-state index in [0.717, 1.165) is 5.75 Å². The lowest BCUT2D eigenvalue weighted by Crippen LogP contribution is -2.25. The molecule has 0 aliphatic carbocycles. The van der Waals surface area contributed by atoms with Gasteiger partial charge in [-0.15, -0.1) is 11.8 Å². The molecule has 0 saturated carbocycles. The number of nitrogens with zero attached hydrogens (tertiary/aromatic N) is 1. The van der Waals surface area contributed by atoms with Crippen LogP contribution in [0.15, 0.2) is 23.1 Å². The van der Waals surface area contributed by atoms with Gasteiger partial charge in [0.05, 0.1) is 6.07 Å². The summed E-state index contributed by atoms with van der Waals surface area (Å²) in [4.78, 5) is 1.27. The van der Waals surface area contributed by atoms with E-state index in [-0.39, 0.29) is 6.04 Å². The minimum absolute atomic E-state index is 0.0742. The van der Waals surface area contributed by atoms with Crippen LogP contribution in [-0.4, -0.2) is 18.8 Å². The van der Waals surface area contributed by atoms with Crippen molar-refractivity contribution in [3.05, 3.63) is 29.3 Å². The first-order chi connectivity index (χ1) is 7.17. The topological polar surface area (TPSA) is 35.8 Å². The maximum absolute atomic E-state index is 8.80. The minimum Gasteiger partial charge on any atom is -0.304 e. The van der Waals surface area contributed by atoms with Gasteiger partial charge in [0, 0.05) is 10.6 Å². The van der Waals surface area contributed by atoms with Gasteiger partial charge in [-0.05, 0) is 32.5 Å². The van der Waals surface area contributed by atoms with Gasteiger partial charge in [-0.3, -0.25) is 0 Å². The maximum atomic E-state index is 8.80. The lowest BCUT2D eigenvalue weighted by atomic mass is 10.2. The van der Waals surface area contributed by atoms with E-state index >= 15 is 0 Å². The number of nitriles is 1. The average molecular weight is 220 g/mol. The molecule has 1 rings (SSSR count). The molecule has 0 aromatic heterocycles. The molecular weight excluding hydrogens is 204 g/mol. The molecule has 1 N–H and O–H groups in total. The molecule has 2 nitrogen and oxygen atoms in total. The molecule has 3 heteroatoms. The highest BCUT2D eigenvalue weighted by molar-refractivity contribution is 7.99. The van der Waals surface area contributed by atoms with E-state index < -0.39 is 0 Å². The molecule has 0 amide bonds. The van der Waals surface area contributed by atoms with Crippen molar-refractivity contribution < 1.29 is 0 Å². The molecule has 15 heavy (non-hydrogen) atoms. The number of hydrogen-bond acceptors (Lipinski definition) is 3. The van der Waals surface area contributed by atoms with Gasteiger partial charge in [0.15, 0.2) is 0 Å². The summed E-state index contributed by atoms with van der Waals surface area (Å²) in [7, 11) is 1.82. The van der Waals surface area contributed by atoms with Crippen LogP contribution < -0.4 is 5.32 Å². The van der Waals surface area contributed by atoms with Crippen molar-refractivity contribution in [3.63, 3.8) is 0 Å². The Labute approximate surface area is 95.7 Å². The van der Waals surface area contributed by atoms with Crippen molar-refractivity contribution in [2.24, 2.45) is 0 Å². The molecule has 80 valence electrons. The third-order valence-corrected chi connectivity index (χ3v) is 3.50. The normalized spacial score (nSPS) is 12.1. The van der Waals surface area contributed by atoms with E-state index in [2.05, 4.69) is 43.4 Å². The molecule has 1 aromatic carbocycles. The third kappa shape index (κ3) is 3.58. The summed E-state index contributed by atoms with van der Waals surface area (Å²) in [5.41, 5.74) is 2.54. The first-order valence-electron chi connectivity index (χ1n) is 4.94. The van der Waals surface area contributed by atoms with Crippen LogP contribution in [0.5, 0.6) is 0 Å². The van der Waals surface area contributed by atoms with E-state index in [1.54, 1.807) is 11.8 Å². The van der Waals surface area contributed by atoms with Gasteiger partial charge in [0.1, 0.15) is 6.04 Å². The first kappa shape index (κ1) is 12.1. The van der Waals surface area contributed by atoms with Crippen molar-refractivity contribution in [2.75, 3.05) is 12.8 Å². The first-order valence-corrected chi connectivity index (χ1v) is 5.93. The molecule has 0 aliphatic heterocycles. The largest absolute Gasteiger partial charge is 0.304 e. The van der Waals surface area contributed by atoms with Gasteiger partial charge in [-0.1, -0.05) is 17.7 Å². The number of benzene rings is 1. The Hall–Kier alpha value is -0.980. The Morgan fingerprint density at radius 2 is 2.20 bits per heavy atom. The van der Waals surface area contributed by atoms with Crippen molar-refractivity contribution in [1.82, 2.24) is 5.32 Å². The molecule has 1 unspecified atom stereocenters. The quantitative estimate of drug-likeness (QED) is 0.792. The van der Waals surface area contributed by atoms with Crippen molar-refractivity contribution in [2.45, 2.75) is 24.8 Å². The molecule has 0 spiro atoms. The Kier molecular flexibility index (Phi) is 4.67. The molecule has 1 aromatic rings. The second kappa shape index (κ2) is 5.79. The van der Waals surface area contributed by atoms with Gasteiger partial charge < -0.3 is 5.32 Å². The minimum atomic E-state index is -0.0742. The zero-order chi connectivity index (χ0) is 11.3. The molecule has 0 aliphatic rings. The molecule has 0 bridgehead atoms. The molecule has 0 saturated heterocycles. The number of nitrogens with one attached hydrogen (secondary N) is 1. The summed E-state index contributed by atoms with van der Waals surface area (Å²) in [6, 6.07) is 8.55. The molecular formula is C12H16N2S. The van der Waals surface area contributed by atoms with E-state index in [0.29, 0.717) is 0 Å². The maximum Gasteiger partial charge on any atom is 0.104 e. The van der Waals surface area contributed by atoms with Crippen LogP contribution in [0.4, 0.5) is 0 Å². The molecule has 1 atom stereocenters. The van der Waals surface area contributed by atoms with Gasteiger partial charge in [0.2, 0.25) is 0 Å². The highest BCUT2D eigenvalue weighted by atomic mass is 32.2. The van der Waals surface area contributed by atoms with Gasteiger partial charge in [0.25, 0.3) is 0 Å². The van der Waals surface area contributed by atoms with Crippen LogP contribution in [0.2, 0.25) is 0 Å². The Morgan fingerprint density at radius 3 is 2.80 bits per heavy atom. The average Bonchev–Trinajstić information content (AvgIpc) is 2.24. The van der Waals surface area contributed by atoms with Crippen LogP contribution in [0.25, 0.3) is 0 Å². The zero-order valence-corrected chi connectivity index (χ0v) is 10.2. The standard InChI is InChI=1S/C12H16N2S/c1-9-4-5-10(2)12(6-9)15-8-11(7-13)14-3/h4-6,11,14H,8H2,1-3H3. The summed E-state index contributed by atoms with van der Waals surface area (Å²) in [5, 5.41) is 11.8. The SMILES string of the molecule is CNC(C#N)CSc1cc(C)ccc1C. The second-order valence-electron chi connectivity index (χ2n) is 3.55. The molecule has 0 radical (unpaired) electrons. The van der Waals surface area contributed by atoms with Crippen molar-refractivity contribution in [1.29, 1.82) is 5.26 Å². The van der Waals surface area contributed by atoms with Gasteiger partial charge >= 0.3 is 0 Å². The predicted molar refractivity (Wildman–Crippen MR) is 65.1 cm³/mol. The van der Waals surface area contributed by atoms with E-state index in [1.807, 2.05) is 7.05 Å². The lowest BCUT2D eigenvalue weighted by Gasteiger charge is -2.09. The van der Waals surface area contributed by atoms with E-state index in [4.69, 9.17) is 5.26 Å². The summed E-state index contributed by atoms with van der Waals surface area (Å²) >= 11 is 1.73. The number of hydrogen-bond donors (Lipinski definition) is 1. The lowest BCUT2D eigenvalue weighted by molar-refractivity contribution is 0.750. The Morgan fingerprint density at radius 1 is 1.47 bits per heavy atom. The van der Waals surface area contributed by atoms with Crippen molar-refractivity contribution in [3.8, 4) is 6.07 Å². The predicted octanol–water partition coefficient (Wildman–Crippen LogP) is 2.51. The fraction of sp³-hybridized carbons (Fsp3) is 0.417. The van der Waals surface area contributed by atoms with E-state index in [9.17, 15) is 0 Å². The summed E-state index contributed by atoms with van der Waals surface area (Å²) in [5.74, 6) is 0.789. The van der Waals surface area contributed by atoms with Crippen LogP contribution >= 0.6 is 11.8 Å². The summed E-state index contributed by atoms with van der Waals surface area (Å²) < 4.78 is 0. The second-order valence-corrected chi connectivity index (χ2v) is 4.61. The highest BCUT2D eigenvalue weighted by Crippen LogP contribution is 2.23. The van der Waals surface area contributed by atoms with Crippen molar-refractivity contribution >= 4 is 11.8 Å². The smallest absolute Gasteiger partial charge is 0.104 e. The molecule has 0 heterocycles. The zero-order valence-electron chi connectivity index (χ0n) is 9.37. The number of aryl methyl sites for hydroxylation is 2. The monoisotopic (exact) mass is 220 g/mol. The molecule has 0 fully saturated rings. The Bertz CT molecular complexity index is 368. The number of rotatable bonds is 4. The summed E-state index contributed by atoms with van der Waals surface area (Å²) in [6.45, 7) is 4.19. The van der Waals surface area contributed by atoms with Crippen LogP contribution in [0.1, 0.15) is 11.1 Å². The van der Waals surface area contributed by atoms with Crippen LogP contribution in [-0.2, 0) is 0 Å². The highest BCUT2D eigenvalue weighted by Gasteiger charge is 2.06. The number of thioether (sulfide) groups is 1. The Balaban J connectivity index is 2.65. The fourth-order valence-electron chi connectivity index (χ4n) is 1.22. The van der Waals surface area contributed by atoms with E-state index in [1.165, 1.54) is 16.0 Å². The van der Waals surface area contributed by atoms with Gasteiger partial charge in [-0.25, -0.2) is 0 Å². The van der Waals surface area contributed by atoms with Crippen LogP contribution in [0.3, 0.4) is 0 Å².